The van der Waals surface area contributed by atoms with E-state index in [1.165, 1.54) is 12.7 Å². The Labute approximate surface area is 133 Å². The first-order chi connectivity index (χ1) is 10.4. The van der Waals surface area contributed by atoms with Crippen LogP contribution in [0.4, 0.5) is 5.69 Å². The van der Waals surface area contributed by atoms with Gasteiger partial charge in [-0.25, -0.2) is 4.79 Å². The summed E-state index contributed by atoms with van der Waals surface area (Å²) in [7, 11) is 3.12. The van der Waals surface area contributed by atoms with Gasteiger partial charge in [0.05, 0.1) is 14.2 Å². The van der Waals surface area contributed by atoms with Gasteiger partial charge in [-0.05, 0) is 44.2 Å². The molecule has 0 fully saturated rings. The Morgan fingerprint density at radius 3 is 2.64 bits per heavy atom. The van der Waals surface area contributed by atoms with Crippen LogP contribution in [0.25, 0.3) is 0 Å². The molecule has 1 aliphatic rings. The van der Waals surface area contributed by atoms with Gasteiger partial charge in [0.15, 0.2) is 0 Å². The van der Waals surface area contributed by atoms with Gasteiger partial charge in [0, 0.05) is 17.3 Å². The molecular formula is C18H27NO3. The molecule has 4 nitrogen and oxygen atoms in total. The average molecular weight is 305 g/mol. The number of fused-ring (bicyclic) bond motifs is 1. The number of methoxy groups -OCH3 is 2. The minimum Gasteiger partial charge on any atom is -0.497 e. The zero-order valence-electron chi connectivity index (χ0n) is 14.5. The van der Waals surface area contributed by atoms with E-state index in [9.17, 15) is 4.79 Å². The first kappa shape index (κ1) is 16.7. The minimum atomic E-state index is -0.279. The van der Waals surface area contributed by atoms with Crippen molar-refractivity contribution >= 4 is 11.7 Å². The highest BCUT2D eigenvalue weighted by Crippen LogP contribution is 2.46. The Balaban J connectivity index is 2.59. The predicted molar refractivity (Wildman–Crippen MR) is 88.7 cm³/mol. The molecule has 0 saturated heterocycles. The highest BCUT2D eigenvalue weighted by molar-refractivity contribution is 5.82. The Hall–Kier alpha value is -1.71. The van der Waals surface area contributed by atoms with Gasteiger partial charge in [0.1, 0.15) is 11.8 Å². The van der Waals surface area contributed by atoms with E-state index in [1.807, 2.05) is 19.1 Å². The Bertz CT molecular complexity index is 553. The number of benzene rings is 1. The molecule has 4 heteroatoms. The molecule has 2 unspecified atom stereocenters. The number of ether oxygens (including phenoxy) is 2. The molecule has 2 atom stereocenters. The molecule has 1 aliphatic heterocycles. The molecule has 0 amide bonds. The van der Waals surface area contributed by atoms with Crippen LogP contribution >= 0.6 is 0 Å². The molecule has 0 spiro atoms. The fourth-order valence-electron chi connectivity index (χ4n) is 3.74. The van der Waals surface area contributed by atoms with E-state index in [4.69, 9.17) is 9.47 Å². The lowest BCUT2D eigenvalue weighted by molar-refractivity contribution is -0.142. The lowest BCUT2D eigenvalue weighted by atomic mass is 9.79. The molecular weight excluding hydrogens is 278 g/mol. The summed E-state index contributed by atoms with van der Waals surface area (Å²) in [5.41, 5.74) is 2.23. The second kappa shape index (κ2) is 6.19. The molecule has 2 rings (SSSR count). The van der Waals surface area contributed by atoms with E-state index in [-0.39, 0.29) is 17.6 Å². The van der Waals surface area contributed by atoms with Crippen molar-refractivity contribution in [2.45, 2.75) is 58.0 Å². The summed E-state index contributed by atoms with van der Waals surface area (Å²) < 4.78 is 10.4. The van der Waals surface area contributed by atoms with Crippen LogP contribution in [0.2, 0.25) is 0 Å². The minimum absolute atomic E-state index is 0.117. The predicted octanol–water partition coefficient (Wildman–Crippen LogP) is 3.74. The first-order valence-electron chi connectivity index (χ1n) is 7.90. The number of esters is 1. The lowest BCUT2D eigenvalue weighted by Crippen LogP contribution is -2.56. The van der Waals surface area contributed by atoms with Crippen LogP contribution in [-0.4, -0.2) is 31.8 Å². The summed E-state index contributed by atoms with van der Waals surface area (Å²) in [6.45, 7) is 8.65. The zero-order valence-corrected chi connectivity index (χ0v) is 14.5. The van der Waals surface area contributed by atoms with Crippen LogP contribution in [0.5, 0.6) is 5.75 Å². The number of anilines is 1. The highest BCUT2D eigenvalue weighted by atomic mass is 16.5. The maximum absolute atomic E-state index is 12.3. The summed E-state index contributed by atoms with van der Waals surface area (Å²) in [5.74, 6) is 1.08. The molecule has 0 aromatic heterocycles. The van der Waals surface area contributed by atoms with Gasteiger partial charge >= 0.3 is 5.97 Å². The molecule has 122 valence electrons. The summed E-state index contributed by atoms with van der Waals surface area (Å²) in [5, 5.41) is 0. The van der Waals surface area contributed by atoms with Crippen LogP contribution in [0.15, 0.2) is 18.2 Å². The number of hydrogen-bond acceptors (Lipinski definition) is 4. The van der Waals surface area contributed by atoms with Crippen molar-refractivity contribution in [1.29, 1.82) is 0 Å². The van der Waals surface area contributed by atoms with Gasteiger partial charge in [-0.1, -0.05) is 19.9 Å². The van der Waals surface area contributed by atoms with E-state index in [1.54, 1.807) is 7.11 Å². The normalized spacial score (nSPS) is 21.0. The van der Waals surface area contributed by atoms with Crippen molar-refractivity contribution in [1.82, 2.24) is 0 Å². The molecule has 22 heavy (non-hydrogen) atoms. The second-order valence-electron chi connectivity index (χ2n) is 6.66. The molecule has 0 bridgehead atoms. The van der Waals surface area contributed by atoms with E-state index in [0.29, 0.717) is 12.3 Å². The van der Waals surface area contributed by atoms with Crippen molar-refractivity contribution in [2.24, 2.45) is 0 Å². The van der Waals surface area contributed by atoms with Crippen molar-refractivity contribution in [2.75, 3.05) is 19.1 Å². The molecule has 1 heterocycles. The molecule has 0 radical (unpaired) electrons. The number of rotatable bonds is 4. The maximum atomic E-state index is 12.3. The Kier molecular flexibility index (Phi) is 4.69. The summed E-state index contributed by atoms with van der Waals surface area (Å²) in [6, 6.07) is 5.87. The number of carbonyl (C=O) groups is 1. The molecule has 0 saturated carbocycles. The third kappa shape index (κ3) is 2.79. The van der Waals surface area contributed by atoms with E-state index >= 15 is 0 Å². The van der Waals surface area contributed by atoms with Gasteiger partial charge in [-0.2, -0.15) is 0 Å². The van der Waals surface area contributed by atoms with Crippen LogP contribution in [0.3, 0.4) is 0 Å². The third-order valence-corrected chi connectivity index (χ3v) is 4.66. The summed E-state index contributed by atoms with van der Waals surface area (Å²) in [4.78, 5) is 14.5. The smallest absolute Gasteiger partial charge is 0.328 e. The highest BCUT2D eigenvalue weighted by Gasteiger charge is 2.42. The van der Waals surface area contributed by atoms with Gasteiger partial charge in [0.25, 0.3) is 0 Å². The monoisotopic (exact) mass is 305 g/mol. The van der Waals surface area contributed by atoms with Crippen LogP contribution < -0.4 is 9.64 Å². The van der Waals surface area contributed by atoms with Crippen LogP contribution in [0.1, 0.15) is 52.0 Å². The topological polar surface area (TPSA) is 38.8 Å². The van der Waals surface area contributed by atoms with Crippen molar-refractivity contribution in [3.63, 3.8) is 0 Å². The largest absolute Gasteiger partial charge is 0.497 e. The molecule has 1 aromatic rings. The first-order valence-corrected chi connectivity index (χ1v) is 7.90. The maximum Gasteiger partial charge on any atom is 0.328 e. The Morgan fingerprint density at radius 1 is 1.41 bits per heavy atom. The summed E-state index contributed by atoms with van der Waals surface area (Å²) in [6.07, 6.45) is 1.71. The number of nitrogens with zero attached hydrogens (tertiary/aromatic N) is 1. The number of hydrogen-bond donors (Lipinski definition) is 0. The van der Waals surface area contributed by atoms with E-state index in [0.717, 1.165) is 17.9 Å². The zero-order chi connectivity index (χ0) is 16.5. The van der Waals surface area contributed by atoms with Crippen LogP contribution in [-0.2, 0) is 9.53 Å². The fourth-order valence-corrected chi connectivity index (χ4v) is 3.74. The van der Waals surface area contributed by atoms with Crippen LogP contribution in [0, 0.1) is 0 Å². The van der Waals surface area contributed by atoms with Crippen molar-refractivity contribution in [3.8, 4) is 5.75 Å². The van der Waals surface area contributed by atoms with E-state index < -0.39 is 0 Å². The molecule has 1 aromatic carbocycles. The van der Waals surface area contributed by atoms with Crippen molar-refractivity contribution < 1.29 is 14.3 Å². The second-order valence-corrected chi connectivity index (χ2v) is 6.66. The average Bonchev–Trinajstić information content (AvgIpc) is 2.49. The standard InChI is InChI=1S/C18H27NO3/c1-7-15(17(20)22-6)19-16-10-13(21-5)8-9-14(16)12(2)11-18(19,3)4/h8-10,12,15H,7,11H2,1-6H3. The quantitative estimate of drug-likeness (QED) is 0.794. The molecule has 0 aliphatic carbocycles. The van der Waals surface area contributed by atoms with Gasteiger partial charge < -0.3 is 14.4 Å². The van der Waals surface area contributed by atoms with Gasteiger partial charge in [-0.15, -0.1) is 0 Å². The van der Waals surface area contributed by atoms with E-state index in [2.05, 4.69) is 31.7 Å². The Morgan fingerprint density at radius 2 is 2.09 bits per heavy atom. The number of carbonyl (C=O) groups excluding carboxylic acids is 1. The molecule has 0 N–H and O–H groups in total. The third-order valence-electron chi connectivity index (χ3n) is 4.66. The SMILES string of the molecule is CCC(C(=O)OC)N1c2cc(OC)ccc2C(C)CC1(C)C. The van der Waals surface area contributed by atoms with Gasteiger partial charge in [0.2, 0.25) is 0 Å². The van der Waals surface area contributed by atoms with Crippen molar-refractivity contribution in [3.05, 3.63) is 23.8 Å². The fraction of sp³-hybridized carbons (Fsp3) is 0.611. The van der Waals surface area contributed by atoms with Gasteiger partial charge in [-0.3, -0.25) is 0 Å². The lowest BCUT2D eigenvalue weighted by Gasteiger charge is -2.50. The summed E-state index contributed by atoms with van der Waals surface area (Å²) >= 11 is 0.